The van der Waals surface area contributed by atoms with Crippen molar-refractivity contribution in [1.82, 2.24) is 5.32 Å². The van der Waals surface area contributed by atoms with Gasteiger partial charge in [0.2, 0.25) is 0 Å². The number of rotatable bonds is 6. The fraction of sp³-hybridized carbons (Fsp3) is 1.00. The number of aliphatic hydroxyl groups is 1. The van der Waals surface area contributed by atoms with E-state index in [1.54, 1.807) is 0 Å². The van der Waals surface area contributed by atoms with Gasteiger partial charge in [0, 0.05) is 12.6 Å². The van der Waals surface area contributed by atoms with Gasteiger partial charge in [0.25, 0.3) is 0 Å². The van der Waals surface area contributed by atoms with Crippen molar-refractivity contribution < 1.29 is 5.11 Å². The molecule has 0 aromatic carbocycles. The predicted octanol–water partition coefficient (Wildman–Crippen LogP) is 1.54. The summed E-state index contributed by atoms with van der Waals surface area (Å²) in [5, 5.41) is 12.3. The van der Waals surface area contributed by atoms with Gasteiger partial charge < -0.3 is 10.4 Å². The molecule has 2 nitrogen and oxygen atoms in total. The van der Waals surface area contributed by atoms with Gasteiger partial charge in [-0.3, -0.25) is 0 Å². The van der Waals surface area contributed by atoms with E-state index >= 15 is 0 Å². The summed E-state index contributed by atoms with van der Waals surface area (Å²) in [7, 11) is 0. The SMILES string of the molecule is CCC(CCO)NCC1CCC1. The molecule has 0 spiro atoms. The van der Waals surface area contributed by atoms with Gasteiger partial charge in [0.05, 0.1) is 0 Å². The maximum absolute atomic E-state index is 8.76. The summed E-state index contributed by atoms with van der Waals surface area (Å²) >= 11 is 0. The van der Waals surface area contributed by atoms with Crippen molar-refractivity contribution in [3.05, 3.63) is 0 Å². The van der Waals surface area contributed by atoms with Crippen LogP contribution in [0.1, 0.15) is 39.0 Å². The molecule has 2 heteroatoms. The average Bonchev–Trinajstić information content (AvgIpc) is 2.00. The van der Waals surface area contributed by atoms with Crippen LogP contribution in [0.4, 0.5) is 0 Å². The smallest absolute Gasteiger partial charge is 0.0445 e. The summed E-state index contributed by atoms with van der Waals surface area (Å²) in [6.45, 7) is 3.66. The zero-order chi connectivity index (χ0) is 8.81. The monoisotopic (exact) mass is 171 g/mol. The van der Waals surface area contributed by atoms with Crippen molar-refractivity contribution >= 4 is 0 Å². The van der Waals surface area contributed by atoms with Gasteiger partial charge in [0.15, 0.2) is 0 Å². The molecule has 0 saturated heterocycles. The van der Waals surface area contributed by atoms with E-state index in [-0.39, 0.29) is 0 Å². The van der Waals surface area contributed by atoms with Crippen LogP contribution < -0.4 is 5.32 Å². The molecule has 1 aliphatic carbocycles. The van der Waals surface area contributed by atoms with Crippen molar-refractivity contribution in [1.29, 1.82) is 0 Å². The molecule has 1 atom stereocenters. The Labute approximate surface area is 75.4 Å². The zero-order valence-corrected chi connectivity index (χ0v) is 8.05. The summed E-state index contributed by atoms with van der Waals surface area (Å²) in [5.41, 5.74) is 0. The largest absolute Gasteiger partial charge is 0.396 e. The van der Waals surface area contributed by atoms with Crippen LogP contribution in [-0.2, 0) is 0 Å². The van der Waals surface area contributed by atoms with Crippen molar-refractivity contribution in [3.8, 4) is 0 Å². The van der Waals surface area contributed by atoms with Gasteiger partial charge in [-0.2, -0.15) is 0 Å². The highest BCUT2D eigenvalue weighted by molar-refractivity contribution is 4.74. The third-order valence-electron chi connectivity index (χ3n) is 2.89. The van der Waals surface area contributed by atoms with Crippen LogP contribution in [0.15, 0.2) is 0 Å². The minimum Gasteiger partial charge on any atom is -0.396 e. The molecule has 0 aliphatic heterocycles. The topological polar surface area (TPSA) is 32.3 Å². The molecule has 0 aromatic rings. The first-order chi connectivity index (χ1) is 5.86. The third kappa shape index (κ3) is 3.11. The highest BCUT2D eigenvalue weighted by atomic mass is 16.3. The second-order valence-electron chi connectivity index (χ2n) is 3.82. The summed E-state index contributed by atoms with van der Waals surface area (Å²) in [5.74, 6) is 0.928. The minimum absolute atomic E-state index is 0.316. The average molecular weight is 171 g/mol. The zero-order valence-electron chi connectivity index (χ0n) is 8.05. The molecule has 2 N–H and O–H groups in total. The van der Waals surface area contributed by atoms with Gasteiger partial charge in [-0.15, -0.1) is 0 Å². The van der Waals surface area contributed by atoms with E-state index in [9.17, 15) is 0 Å². The second-order valence-corrected chi connectivity index (χ2v) is 3.82. The van der Waals surface area contributed by atoms with E-state index in [1.807, 2.05) is 0 Å². The Morgan fingerprint density at radius 2 is 2.25 bits per heavy atom. The van der Waals surface area contributed by atoms with Gasteiger partial charge >= 0.3 is 0 Å². The quantitative estimate of drug-likeness (QED) is 0.635. The standard InChI is InChI=1S/C10H21NO/c1-2-10(6-7-12)11-8-9-4-3-5-9/h9-12H,2-8H2,1H3. The molecule has 0 amide bonds. The normalized spacial score (nSPS) is 20.5. The van der Waals surface area contributed by atoms with E-state index in [2.05, 4.69) is 12.2 Å². The first-order valence-corrected chi connectivity index (χ1v) is 5.21. The van der Waals surface area contributed by atoms with Crippen LogP contribution in [0.5, 0.6) is 0 Å². The Hall–Kier alpha value is -0.0800. The van der Waals surface area contributed by atoms with Crippen LogP contribution >= 0.6 is 0 Å². The molecule has 1 saturated carbocycles. The van der Waals surface area contributed by atoms with E-state index in [0.717, 1.165) is 18.8 Å². The molecule has 72 valence electrons. The van der Waals surface area contributed by atoms with Crippen LogP contribution in [0.2, 0.25) is 0 Å². The van der Waals surface area contributed by atoms with E-state index in [4.69, 9.17) is 5.11 Å². The van der Waals surface area contributed by atoms with E-state index in [0.29, 0.717) is 12.6 Å². The lowest BCUT2D eigenvalue weighted by molar-refractivity contribution is 0.243. The third-order valence-corrected chi connectivity index (χ3v) is 2.89. The molecular formula is C10H21NO. The highest BCUT2D eigenvalue weighted by Crippen LogP contribution is 2.25. The fourth-order valence-corrected chi connectivity index (χ4v) is 1.64. The lowest BCUT2D eigenvalue weighted by Crippen LogP contribution is -2.35. The maximum atomic E-state index is 8.76. The van der Waals surface area contributed by atoms with Crippen LogP contribution in [-0.4, -0.2) is 24.3 Å². The molecular weight excluding hydrogens is 150 g/mol. The highest BCUT2D eigenvalue weighted by Gasteiger charge is 2.17. The van der Waals surface area contributed by atoms with E-state index < -0.39 is 0 Å². The van der Waals surface area contributed by atoms with Crippen molar-refractivity contribution in [2.45, 2.75) is 45.1 Å². The Balaban J connectivity index is 2.01. The molecule has 12 heavy (non-hydrogen) atoms. The lowest BCUT2D eigenvalue weighted by Gasteiger charge is -2.27. The molecule has 0 radical (unpaired) electrons. The fourth-order valence-electron chi connectivity index (χ4n) is 1.64. The van der Waals surface area contributed by atoms with Crippen molar-refractivity contribution in [3.63, 3.8) is 0 Å². The molecule has 1 unspecified atom stereocenters. The van der Waals surface area contributed by atoms with Crippen molar-refractivity contribution in [2.24, 2.45) is 5.92 Å². The lowest BCUT2D eigenvalue weighted by atomic mass is 9.85. The summed E-state index contributed by atoms with van der Waals surface area (Å²) in [6.07, 6.45) is 6.27. The number of hydrogen-bond acceptors (Lipinski definition) is 2. The molecule has 1 aliphatic rings. The summed E-state index contributed by atoms with van der Waals surface area (Å²) in [4.78, 5) is 0. The minimum atomic E-state index is 0.316. The van der Waals surface area contributed by atoms with Gasteiger partial charge in [0.1, 0.15) is 0 Å². The molecule has 0 aromatic heterocycles. The first-order valence-electron chi connectivity index (χ1n) is 5.21. The number of nitrogens with one attached hydrogen (secondary N) is 1. The maximum Gasteiger partial charge on any atom is 0.0445 e. The van der Waals surface area contributed by atoms with Gasteiger partial charge in [-0.05, 0) is 38.1 Å². The van der Waals surface area contributed by atoms with Crippen molar-refractivity contribution in [2.75, 3.05) is 13.2 Å². The number of aliphatic hydroxyl groups excluding tert-OH is 1. The molecule has 0 heterocycles. The van der Waals surface area contributed by atoms with Crippen LogP contribution in [0, 0.1) is 5.92 Å². The summed E-state index contributed by atoms with van der Waals surface area (Å²) < 4.78 is 0. The molecule has 1 rings (SSSR count). The first kappa shape index (κ1) is 10.0. The Morgan fingerprint density at radius 3 is 2.67 bits per heavy atom. The summed E-state index contributed by atoms with van der Waals surface area (Å²) in [6, 6.07) is 0.538. The Bertz CT molecular complexity index is 112. The number of hydrogen-bond donors (Lipinski definition) is 2. The van der Waals surface area contributed by atoms with Crippen LogP contribution in [0.3, 0.4) is 0 Å². The molecule has 0 bridgehead atoms. The Morgan fingerprint density at radius 1 is 1.50 bits per heavy atom. The Kier molecular flexibility index (Phi) is 4.62. The van der Waals surface area contributed by atoms with Crippen LogP contribution in [0.25, 0.3) is 0 Å². The second kappa shape index (κ2) is 5.55. The molecule has 1 fully saturated rings. The van der Waals surface area contributed by atoms with E-state index in [1.165, 1.54) is 25.8 Å². The van der Waals surface area contributed by atoms with Gasteiger partial charge in [-0.1, -0.05) is 13.3 Å². The van der Waals surface area contributed by atoms with Gasteiger partial charge in [-0.25, -0.2) is 0 Å². The predicted molar refractivity (Wildman–Crippen MR) is 51.1 cm³/mol.